The van der Waals surface area contributed by atoms with E-state index in [1.807, 2.05) is 31.2 Å². The maximum atomic E-state index is 12.1. The van der Waals surface area contributed by atoms with Gasteiger partial charge in [-0.2, -0.15) is 4.31 Å². The predicted octanol–water partition coefficient (Wildman–Crippen LogP) is 0.914. The molecule has 1 fully saturated rings. The standard InChI is InChI=1S/C15H22N2O4S/c1-12-5-7-13(8-6-12)21-11-9-16-15(18)14-4-3-10-17(14)22(2,19)20/h5-8,14H,3-4,9-11H2,1-2H3,(H,16,18)/t14-/m0/s1. The molecule has 0 saturated carbocycles. The minimum Gasteiger partial charge on any atom is -0.492 e. The SMILES string of the molecule is Cc1ccc(OCCNC(=O)[C@@H]2CCCN2S(C)(=O)=O)cc1. The second kappa shape index (κ2) is 7.11. The van der Waals surface area contributed by atoms with E-state index >= 15 is 0 Å². The van der Waals surface area contributed by atoms with E-state index in [1.54, 1.807) is 0 Å². The fraction of sp³-hybridized carbons (Fsp3) is 0.533. The molecule has 1 aliphatic heterocycles. The van der Waals surface area contributed by atoms with Gasteiger partial charge in [0, 0.05) is 6.54 Å². The molecule has 0 radical (unpaired) electrons. The first-order valence-corrected chi connectivity index (χ1v) is 9.17. The number of nitrogens with one attached hydrogen (secondary N) is 1. The topological polar surface area (TPSA) is 75.7 Å². The maximum absolute atomic E-state index is 12.1. The van der Waals surface area contributed by atoms with Crippen molar-refractivity contribution in [1.82, 2.24) is 9.62 Å². The Kier molecular flexibility index (Phi) is 5.42. The van der Waals surface area contributed by atoms with E-state index in [0.29, 0.717) is 32.5 Å². The Labute approximate surface area is 131 Å². The average Bonchev–Trinajstić information content (AvgIpc) is 2.95. The Morgan fingerprint density at radius 2 is 2.05 bits per heavy atom. The molecule has 2 rings (SSSR count). The zero-order valence-corrected chi connectivity index (χ0v) is 13.7. The van der Waals surface area contributed by atoms with Gasteiger partial charge in [0.1, 0.15) is 18.4 Å². The van der Waals surface area contributed by atoms with Gasteiger partial charge in [0.2, 0.25) is 15.9 Å². The number of hydrogen-bond donors (Lipinski definition) is 1. The highest BCUT2D eigenvalue weighted by Gasteiger charge is 2.36. The highest BCUT2D eigenvalue weighted by molar-refractivity contribution is 7.88. The Hall–Kier alpha value is -1.60. The van der Waals surface area contributed by atoms with Gasteiger partial charge in [0.15, 0.2) is 0 Å². The molecule has 0 spiro atoms. The molecule has 0 aromatic heterocycles. The third kappa shape index (κ3) is 4.45. The molecule has 1 aromatic rings. The summed E-state index contributed by atoms with van der Waals surface area (Å²) in [7, 11) is -3.33. The number of rotatable bonds is 6. The molecule has 0 unspecified atom stereocenters. The van der Waals surface area contributed by atoms with Crippen molar-refractivity contribution in [2.75, 3.05) is 26.0 Å². The van der Waals surface area contributed by atoms with Crippen LogP contribution >= 0.6 is 0 Å². The van der Waals surface area contributed by atoms with E-state index in [4.69, 9.17) is 4.74 Å². The van der Waals surface area contributed by atoms with E-state index in [-0.39, 0.29) is 5.91 Å². The summed E-state index contributed by atoms with van der Waals surface area (Å²) in [6.07, 6.45) is 2.42. The quantitative estimate of drug-likeness (QED) is 0.789. The molecule has 22 heavy (non-hydrogen) atoms. The zero-order chi connectivity index (χ0) is 16.2. The van der Waals surface area contributed by atoms with E-state index in [1.165, 1.54) is 4.31 Å². The van der Waals surface area contributed by atoms with Crippen molar-refractivity contribution in [3.05, 3.63) is 29.8 Å². The predicted molar refractivity (Wildman–Crippen MR) is 84.3 cm³/mol. The normalized spacial score (nSPS) is 19.1. The lowest BCUT2D eigenvalue weighted by atomic mass is 10.2. The van der Waals surface area contributed by atoms with Gasteiger partial charge in [-0.3, -0.25) is 4.79 Å². The van der Waals surface area contributed by atoms with Crippen molar-refractivity contribution in [3.8, 4) is 5.75 Å². The van der Waals surface area contributed by atoms with Crippen LogP contribution in [0.25, 0.3) is 0 Å². The van der Waals surface area contributed by atoms with Crippen LogP contribution in [-0.4, -0.2) is 50.6 Å². The Morgan fingerprint density at radius 1 is 1.36 bits per heavy atom. The summed E-state index contributed by atoms with van der Waals surface area (Å²) in [6, 6.07) is 7.07. The molecule has 1 amide bonds. The molecule has 1 aliphatic rings. The first-order chi connectivity index (χ1) is 10.4. The molecule has 0 aliphatic carbocycles. The van der Waals surface area contributed by atoms with Crippen LogP contribution in [-0.2, 0) is 14.8 Å². The van der Waals surface area contributed by atoms with Gasteiger partial charge in [-0.15, -0.1) is 0 Å². The number of nitrogens with zero attached hydrogens (tertiary/aromatic N) is 1. The second-order valence-corrected chi connectivity index (χ2v) is 7.42. The van der Waals surface area contributed by atoms with Crippen molar-refractivity contribution >= 4 is 15.9 Å². The van der Waals surface area contributed by atoms with Crippen molar-refractivity contribution in [3.63, 3.8) is 0 Å². The van der Waals surface area contributed by atoms with Gasteiger partial charge in [0.05, 0.1) is 12.8 Å². The van der Waals surface area contributed by atoms with Crippen LogP contribution in [0.1, 0.15) is 18.4 Å². The molecule has 1 N–H and O–H groups in total. The van der Waals surface area contributed by atoms with Crippen LogP contribution in [0.4, 0.5) is 0 Å². The largest absolute Gasteiger partial charge is 0.492 e. The van der Waals surface area contributed by atoms with Crippen LogP contribution in [0.15, 0.2) is 24.3 Å². The lowest BCUT2D eigenvalue weighted by molar-refractivity contribution is -0.124. The van der Waals surface area contributed by atoms with Gasteiger partial charge in [0.25, 0.3) is 0 Å². The number of carbonyl (C=O) groups is 1. The summed E-state index contributed by atoms with van der Waals surface area (Å²) in [4.78, 5) is 12.1. The molecule has 0 bridgehead atoms. The van der Waals surface area contributed by atoms with E-state index in [2.05, 4.69) is 5.32 Å². The van der Waals surface area contributed by atoms with E-state index in [0.717, 1.165) is 17.6 Å². The van der Waals surface area contributed by atoms with E-state index < -0.39 is 16.1 Å². The number of carbonyl (C=O) groups excluding carboxylic acids is 1. The monoisotopic (exact) mass is 326 g/mol. The number of hydrogen-bond acceptors (Lipinski definition) is 4. The summed E-state index contributed by atoms with van der Waals surface area (Å²) < 4.78 is 30.0. The molecule has 1 aromatic carbocycles. The van der Waals surface area contributed by atoms with Crippen molar-refractivity contribution in [1.29, 1.82) is 0 Å². The lowest BCUT2D eigenvalue weighted by Gasteiger charge is -2.21. The molecule has 1 heterocycles. The molecule has 1 saturated heterocycles. The van der Waals surface area contributed by atoms with Crippen LogP contribution < -0.4 is 10.1 Å². The molecule has 1 atom stereocenters. The number of amides is 1. The summed E-state index contributed by atoms with van der Waals surface area (Å²) in [5.74, 6) is 0.494. The van der Waals surface area contributed by atoms with Crippen LogP contribution in [0.2, 0.25) is 0 Å². The van der Waals surface area contributed by atoms with Gasteiger partial charge in [-0.05, 0) is 31.9 Å². The van der Waals surface area contributed by atoms with Gasteiger partial charge in [-0.25, -0.2) is 8.42 Å². The van der Waals surface area contributed by atoms with Crippen molar-refractivity contribution < 1.29 is 17.9 Å². The minimum atomic E-state index is -3.33. The highest BCUT2D eigenvalue weighted by atomic mass is 32.2. The lowest BCUT2D eigenvalue weighted by Crippen LogP contribution is -2.46. The van der Waals surface area contributed by atoms with Gasteiger partial charge >= 0.3 is 0 Å². The number of ether oxygens (including phenoxy) is 1. The Morgan fingerprint density at radius 3 is 2.68 bits per heavy atom. The Balaban J connectivity index is 1.77. The van der Waals surface area contributed by atoms with E-state index in [9.17, 15) is 13.2 Å². The summed E-state index contributed by atoms with van der Waals surface area (Å²) >= 11 is 0. The first-order valence-electron chi connectivity index (χ1n) is 7.32. The number of benzene rings is 1. The summed E-state index contributed by atoms with van der Waals surface area (Å²) in [5, 5.41) is 2.74. The van der Waals surface area contributed by atoms with Gasteiger partial charge < -0.3 is 10.1 Å². The van der Waals surface area contributed by atoms with Gasteiger partial charge in [-0.1, -0.05) is 17.7 Å². The minimum absolute atomic E-state index is 0.254. The summed E-state index contributed by atoms with van der Waals surface area (Å²) in [6.45, 7) is 3.11. The third-order valence-electron chi connectivity index (χ3n) is 3.62. The second-order valence-electron chi connectivity index (χ2n) is 5.48. The highest BCUT2D eigenvalue weighted by Crippen LogP contribution is 2.20. The molecule has 7 heteroatoms. The molecular weight excluding hydrogens is 304 g/mol. The fourth-order valence-corrected chi connectivity index (χ4v) is 3.62. The third-order valence-corrected chi connectivity index (χ3v) is 4.91. The van der Waals surface area contributed by atoms with Crippen molar-refractivity contribution in [2.45, 2.75) is 25.8 Å². The van der Waals surface area contributed by atoms with Crippen LogP contribution in [0.3, 0.4) is 0 Å². The number of sulfonamides is 1. The number of aryl methyl sites for hydroxylation is 1. The Bertz CT molecular complexity index is 613. The fourth-order valence-electron chi connectivity index (χ4n) is 2.49. The zero-order valence-electron chi connectivity index (χ0n) is 12.9. The smallest absolute Gasteiger partial charge is 0.238 e. The molecule has 6 nitrogen and oxygen atoms in total. The first kappa shape index (κ1) is 16.8. The molecule has 122 valence electrons. The van der Waals surface area contributed by atoms with Crippen molar-refractivity contribution in [2.24, 2.45) is 0 Å². The molecular formula is C15H22N2O4S. The average molecular weight is 326 g/mol. The maximum Gasteiger partial charge on any atom is 0.238 e. The summed E-state index contributed by atoms with van der Waals surface area (Å²) in [5.41, 5.74) is 1.16. The van der Waals surface area contributed by atoms with Crippen LogP contribution in [0, 0.1) is 6.92 Å². The van der Waals surface area contributed by atoms with Crippen LogP contribution in [0.5, 0.6) is 5.75 Å².